The van der Waals surface area contributed by atoms with Crippen LogP contribution in [-0.4, -0.2) is 19.7 Å². The molecule has 0 amide bonds. The van der Waals surface area contributed by atoms with Crippen LogP contribution in [0.4, 0.5) is 0 Å². The lowest BCUT2D eigenvalue weighted by Crippen LogP contribution is -2.40. The van der Waals surface area contributed by atoms with Gasteiger partial charge in [0.1, 0.15) is 5.75 Å². The number of fused-ring (bicyclic) bond motifs is 2. The molecule has 0 unspecified atom stereocenters. The molecule has 80 valence electrons. The third-order valence-electron chi connectivity index (χ3n) is 3.58. The van der Waals surface area contributed by atoms with E-state index >= 15 is 0 Å². The van der Waals surface area contributed by atoms with Gasteiger partial charge in [-0.2, -0.15) is 0 Å². The summed E-state index contributed by atoms with van der Waals surface area (Å²) in [4.78, 5) is 0. The topological polar surface area (TPSA) is 21.3 Å². The Hall–Kier alpha value is -0.540. The molecule has 2 aliphatic rings. The van der Waals surface area contributed by atoms with Gasteiger partial charge in [-0.3, -0.25) is 0 Å². The molecular formula is C12H14BrNO. The molecule has 1 saturated heterocycles. The van der Waals surface area contributed by atoms with Gasteiger partial charge in [0.25, 0.3) is 0 Å². The molecule has 0 atom stereocenters. The summed E-state index contributed by atoms with van der Waals surface area (Å²) in [6.45, 7) is 3.07. The van der Waals surface area contributed by atoms with Crippen LogP contribution < -0.4 is 10.1 Å². The van der Waals surface area contributed by atoms with Gasteiger partial charge in [-0.25, -0.2) is 0 Å². The molecule has 1 aromatic rings. The van der Waals surface area contributed by atoms with Gasteiger partial charge >= 0.3 is 0 Å². The lowest BCUT2D eigenvalue weighted by atomic mass is 9.75. The number of nitrogens with one attached hydrogen (secondary N) is 1. The number of benzene rings is 1. The van der Waals surface area contributed by atoms with Gasteiger partial charge in [0, 0.05) is 15.5 Å². The van der Waals surface area contributed by atoms with Crippen LogP contribution in [0.3, 0.4) is 0 Å². The first-order valence-corrected chi connectivity index (χ1v) is 6.23. The molecule has 0 radical (unpaired) electrons. The van der Waals surface area contributed by atoms with E-state index < -0.39 is 0 Å². The number of hydrogen-bond acceptors (Lipinski definition) is 2. The van der Waals surface area contributed by atoms with Crippen LogP contribution in [0.25, 0.3) is 0 Å². The molecule has 2 heterocycles. The van der Waals surface area contributed by atoms with Crippen molar-refractivity contribution in [2.75, 3.05) is 19.7 Å². The molecule has 1 N–H and O–H groups in total. The van der Waals surface area contributed by atoms with Crippen LogP contribution in [-0.2, 0) is 5.41 Å². The van der Waals surface area contributed by atoms with Crippen LogP contribution in [0.5, 0.6) is 5.75 Å². The Bertz CT molecular complexity index is 380. The molecule has 3 rings (SSSR count). The highest BCUT2D eigenvalue weighted by Crippen LogP contribution is 2.45. The van der Waals surface area contributed by atoms with Crippen molar-refractivity contribution in [1.29, 1.82) is 0 Å². The highest BCUT2D eigenvalue weighted by molar-refractivity contribution is 9.10. The molecule has 1 fully saturated rings. The lowest BCUT2D eigenvalue weighted by molar-refractivity contribution is 0.220. The Morgan fingerprint density at radius 3 is 2.87 bits per heavy atom. The van der Waals surface area contributed by atoms with E-state index in [9.17, 15) is 0 Å². The molecular weight excluding hydrogens is 254 g/mol. The van der Waals surface area contributed by atoms with Gasteiger partial charge in [0.15, 0.2) is 0 Å². The average Bonchev–Trinajstić information content (AvgIpc) is 2.59. The van der Waals surface area contributed by atoms with Crippen molar-refractivity contribution in [3.63, 3.8) is 0 Å². The van der Waals surface area contributed by atoms with E-state index in [1.165, 1.54) is 18.4 Å². The van der Waals surface area contributed by atoms with Crippen molar-refractivity contribution in [3.05, 3.63) is 28.2 Å². The maximum Gasteiger partial charge on any atom is 0.123 e. The zero-order valence-electron chi connectivity index (χ0n) is 8.55. The fourth-order valence-corrected chi connectivity index (χ4v) is 3.02. The normalized spacial score (nSPS) is 22.5. The molecule has 2 aliphatic heterocycles. The molecule has 1 aromatic carbocycles. The Kier molecular flexibility index (Phi) is 2.25. The first-order chi connectivity index (χ1) is 7.30. The molecule has 0 aromatic heterocycles. The van der Waals surface area contributed by atoms with Crippen LogP contribution >= 0.6 is 15.9 Å². The van der Waals surface area contributed by atoms with Crippen molar-refractivity contribution >= 4 is 15.9 Å². The van der Waals surface area contributed by atoms with E-state index in [0.29, 0.717) is 0 Å². The maximum atomic E-state index is 5.80. The van der Waals surface area contributed by atoms with Crippen LogP contribution in [0.1, 0.15) is 18.4 Å². The first-order valence-electron chi connectivity index (χ1n) is 5.44. The smallest absolute Gasteiger partial charge is 0.123 e. The Morgan fingerprint density at radius 1 is 1.27 bits per heavy atom. The van der Waals surface area contributed by atoms with Gasteiger partial charge in [0.05, 0.1) is 6.61 Å². The molecule has 0 bridgehead atoms. The number of halogens is 1. The lowest BCUT2D eigenvalue weighted by Gasteiger charge is -2.32. The second-order valence-corrected chi connectivity index (χ2v) is 5.38. The van der Waals surface area contributed by atoms with Crippen molar-refractivity contribution in [2.24, 2.45) is 0 Å². The highest BCUT2D eigenvalue weighted by atomic mass is 79.9. The SMILES string of the molecule is Brc1ccc2c(c1)C1(CCNCC1)CO2. The summed E-state index contributed by atoms with van der Waals surface area (Å²) in [6, 6.07) is 6.36. The monoisotopic (exact) mass is 267 g/mol. The zero-order chi connectivity index (χ0) is 10.3. The predicted octanol–water partition coefficient (Wildman–Crippen LogP) is 2.46. The Balaban J connectivity index is 2.05. The minimum Gasteiger partial charge on any atom is -0.492 e. The molecule has 0 saturated carbocycles. The summed E-state index contributed by atoms with van der Waals surface area (Å²) in [5, 5.41) is 3.41. The summed E-state index contributed by atoms with van der Waals surface area (Å²) in [5.41, 5.74) is 1.68. The number of rotatable bonds is 0. The van der Waals surface area contributed by atoms with Gasteiger partial charge in [-0.05, 0) is 44.1 Å². The third kappa shape index (κ3) is 1.49. The Labute approximate surface area is 98.1 Å². The van der Waals surface area contributed by atoms with Gasteiger partial charge in [0.2, 0.25) is 0 Å². The molecule has 15 heavy (non-hydrogen) atoms. The zero-order valence-corrected chi connectivity index (χ0v) is 10.1. The van der Waals surface area contributed by atoms with Crippen molar-refractivity contribution in [3.8, 4) is 5.75 Å². The summed E-state index contributed by atoms with van der Waals surface area (Å²) in [7, 11) is 0. The number of piperidine rings is 1. The minimum absolute atomic E-state index is 0.282. The van der Waals surface area contributed by atoms with Crippen molar-refractivity contribution in [2.45, 2.75) is 18.3 Å². The highest BCUT2D eigenvalue weighted by Gasteiger charge is 2.41. The molecule has 2 nitrogen and oxygen atoms in total. The van der Waals surface area contributed by atoms with Gasteiger partial charge in [-0.15, -0.1) is 0 Å². The van der Waals surface area contributed by atoms with Crippen LogP contribution in [0.2, 0.25) is 0 Å². The maximum absolute atomic E-state index is 5.80. The molecule has 0 aliphatic carbocycles. The number of hydrogen-bond donors (Lipinski definition) is 1. The van der Waals surface area contributed by atoms with Crippen LogP contribution in [0.15, 0.2) is 22.7 Å². The van der Waals surface area contributed by atoms with E-state index in [2.05, 4.69) is 39.4 Å². The van der Waals surface area contributed by atoms with E-state index in [1.54, 1.807) is 0 Å². The van der Waals surface area contributed by atoms with Crippen molar-refractivity contribution in [1.82, 2.24) is 5.32 Å². The average molecular weight is 268 g/mol. The summed E-state index contributed by atoms with van der Waals surface area (Å²) in [6.07, 6.45) is 2.38. The standard InChI is InChI=1S/C12H14BrNO/c13-9-1-2-11-10(7-9)12(8-15-11)3-5-14-6-4-12/h1-2,7,14H,3-6,8H2. The third-order valence-corrected chi connectivity index (χ3v) is 4.07. The fourth-order valence-electron chi connectivity index (χ4n) is 2.66. The largest absolute Gasteiger partial charge is 0.492 e. The minimum atomic E-state index is 0.282. The van der Waals surface area contributed by atoms with E-state index in [0.717, 1.165) is 29.9 Å². The van der Waals surface area contributed by atoms with Crippen molar-refractivity contribution < 1.29 is 4.74 Å². The van der Waals surface area contributed by atoms with E-state index in [4.69, 9.17) is 4.74 Å². The van der Waals surface area contributed by atoms with E-state index in [-0.39, 0.29) is 5.41 Å². The quantitative estimate of drug-likeness (QED) is 0.780. The molecule has 3 heteroatoms. The first kappa shape index (κ1) is 9.67. The van der Waals surface area contributed by atoms with Gasteiger partial charge in [-0.1, -0.05) is 15.9 Å². The fraction of sp³-hybridized carbons (Fsp3) is 0.500. The van der Waals surface area contributed by atoms with Gasteiger partial charge < -0.3 is 10.1 Å². The Morgan fingerprint density at radius 2 is 2.07 bits per heavy atom. The summed E-state index contributed by atoms with van der Waals surface area (Å²) in [5.74, 6) is 1.08. The summed E-state index contributed by atoms with van der Waals surface area (Å²) < 4.78 is 6.96. The summed E-state index contributed by atoms with van der Waals surface area (Å²) >= 11 is 3.54. The number of ether oxygens (including phenoxy) is 1. The molecule has 1 spiro atoms. The van der Waals surface area contributed by atoms with Crippen LogP contribution in [0, 0.1) is 0 Å². The predicted molar refractivity (Wildman–Crippen MR) is 63.4 cm³/mol. The second kappa shape index (κ2) is 3.49. The van der Waals surface area contributed by atoms with E-state index in [1.807, 2.05) is 0 Å². The second-order valence-electron chi connectivity index (χ2n) is 4.46.